The fraction of sp³-hybridized carbons (Fsp3) is 0.636. The summed E-state index contributed by atoms with van der Waals surface area (Å²) in [5.41, 5.74) is 0. The molecule has 0 heterocycles. The highest BCUT2D eigenvalue weighted by Gasteiger charge is 2.15. The van der Waals surface area contributed by atoms with E-state index in [1.807, 2.05) is 19.1 Å². The van der Waals surface area contributed by atoms with E-state index in [1.54, 1.807) is 6.92 Å². The van der Waals surface area contributed by atoms with Gasteiger partial charge in [-0.3, -0.25) is 4.79 Å². The van der Waals surface area contributed by atoms with E-state index in [0.29, 0.717) is 13.0 Å². The van der Waals surface area contributed by atoms with Crippen LogP contribution in [0, 0.1) is 5.92 Å². The van der Waals surface area contributed by atoms with E-state index >= 15 is 0 Å². The molecule has 0 fully saturated rings. The van der Waals surface area contributed by atoms with Gasteiger partial charge < -0.3 is 15.7 Å². The Labute approximate surface area is 95.9 Å². The van der Waals surface area contributed by atoms with Gasteiger partial charge in [-0.05, 0) is 19.8 Å². The molecule has 5 nitrogen and oxygen atoms in total. The molecule has 0 rings (SSSR count). The predicted molar refractivity (Wildman–Crippen MR) is 62.2 cm³/mol. The Morgan fingerprint density at radius 2 is 2.06 bits per heavy atom. The number of hydrogen-bond acceptors (Lipinski definition) is 2. The fourth-order valence-electron chi connectivity index (χ4n) is 1.12. The number of amides is 2. The van der Waals surface area contributed by atoms with Crippen LogP contribution in [0.4, 0.5) is 4.79 Å². The number of rotatable bonds is 7. The van der Waals surface area contributed by atoms with Gasteiger partial charge in [0.05, 0.1) is 5.92 Å². The van der Waals surface area contributed by atoms with Crippen molar-refractivity contribution in [2.45, 2.75) is 26.7 Å². The Morgan fingerprint density at radius 1 is 1.38 bits per heavy atom. The molecule has 0 saturated carbocycles. The largest absolute Gasteiger partial charge is 0.481 e. The van der Waals surface area contributed by atoms with Crippen molar-refractivity contribution >= 4 is 12.0 Å². The first kappa shape index (κ1) is 14.5. The molecule has 0 saturated heterocycles. The second-order valence-electron chi connectivity index (χ2n) is 3.44. The number of allylic oxidation sites excluding steroid dienone is 1. The smallest absolute Gasteiger partial charge is 0.314 e. The first-order valence-electron chi connectivity index (χ1n) is 5.47. The molecule has 92 valence electrons. The maximum Gasteiger partial charge on any atom is 0.314 e. The molecule has 3 N–H and O–H groups in total. The SMILES string of the molecule is C/C=C/CCNC(=O)NCC(CC)C(=O)O. The summed E-state index contributed by atoms with van der Waals surface area (Å²) in [7, 11) is 0. The highest BCUT2D eigenvalue weighted by Crippen LogP contribution is 1.99. The van der Waals surface area contributed by atoms with Gasteiger partial charge in [-0.15, -0.1) is 0 Å². The second-order valence-corrected chi connectivity index (χ2v) is 3.44. The zero-order chi connectivity index (χ0) is 12.4. The molecule has 1 atom stereocenters. The van der Waals surface area contributed by atoms with Crippen molar-refractivity contribution in [3.05, 3.63) is 12.2 Å². The van der Waals surface area contributed by atoms with E-state index in [0.717, 1.165) is 6.42 Å². The molecule has 0 bridgehead atoms. The van der Waals surface area contributed by atoms with Crippen LogP contribution in [-0.4, -0.2) is 30.2 Å². The van der Waals surface area contributed by atoms with Gasteiger partial charge in [0.15, 0.2) is 0 Å². The van der Waals surface area contributed by atoms with Gasteiger partial charge >= 0.3 is 12.0 Å². The molecule has 0 aromatic heterocycles. The van der Waals surface area contributed by atoms with Crippen LogP contribution in [0.5, 0.6) is 0 Å². The Bertz CT molecular complexity index is 252. The standard InChI is InChI=1S/C11H20N2O3/c1-3-5-6-7-12-11(16)13-8-9(4-2)10(14)15/h3,5,9H,4,6-8H2,1-2H3,(H,14,15)(H2,12,13,16)/b5-3+. The summed E-state index contributed by atoms with van der Waals surface area (Å²) in [6, 6.07) is -0.316. The Balaban J connectivity index is 3.67. The van der Waals surface area contributed by atoms with E-state index < -0.39 is 11.9 Å². The van der Waals surface area contributed by atoms with Gasteiger partial charge in [-0.2, -0.15) is 0 Å². The highest BCUT2D eigenvalue weighted by atomic mass is 16.4. The molecule has 0 aromatic rings. The van der Waals surface area contributed by atoms with Crippen LogP contribution in [0.2, 0.25) is 0 Å². The van der Waals surface area contributed by atoms with Crippen molar-refractivity contribution in [2.24, 2.45) is 5.92 Å². The molecule has 2 amide bonds. The molecule has 16 heavy (non-hydrogen) atoms. The van der Waals surface area contributed by atoms with Crippen molar-refractivity contribution in [1.82, 2.24) is 10.6 Å². The molecule has 5 heteroatoms. The summed E-state index contributed by atoms with van der Waals surface area (Å²) in [6.07, 6.45) is 5.15. The van der Waals surface area contributed by atoms with Crippen LogP contribution in [0.15, 0.2) is 12.2 Å². The molecule has 0 aromatic carbocycles. The van der Waals surface area contributed by atoms with Crippen molar-refractivity contribution < 1.29 is 14.7 Å². The number of urea groups is 1. The monoisotopic (exact) mass is 228 g/mol. The van der Waals surface area contributed by atoms with Crippen molar-refractivity contribution in [1.29, 1.82) is 0 Å². The van der Waals surface area contributed by atoms with E-state index in [2.05, 4.69) is 10.6 Å². The van der Waals surface area contributed by atoms with Crippen LogP contribution in [0.25, 0.3) is 0 Å². The summed E-state index contributed by atoms with van der Waals surface area (Å²) < 4.78 is 0. The van der Waals surface area contributed by atoms with E-state index in [9.17, 15) is 9.59 Å². The lowest BCUT2D eigenvalue weighted by molar-refractivity contribution is -0.141. The average molecular weight is 228 g/mol. The minimum Gasteiger partial charge on any atom is -0.481 e. The highest BCUT2D eigenvalue weighted by molar-refractivity contribution is 5.75. The maximum atomic E-state index is 11.2. The average Bonchev–Trinajstić information content (AvgIpc) is 2.25. The third-order valence-electron chi connectivity index (χ3n) is 2.18. The first-order valence-corrected chi connectivity index (χ1v) is 5.47. The van der Waals surface area contributed by atoms with Gasteiger partial charge in [0.1, 0.15) is 0 Å². The zero-order valence-electron chi connectivity index (χ0n) is 9.82. The first-order chi connectivity index (χ1) is 7.61. The molecular weight excluding hydrogens is 208 g/mol. The lowest BCUT2D eigenvalue weighted by Gasteiger charge is -2.11. The molecule has 0 spiro atoms. The second kappa shape index (κ2) is 8.76. The van der Waals surface area contributed by atoms with Crippen LogP contribution < -0.4 is 10.6 Å². The number of hydrogen-bond donors (Lipinski definition) is 3. The molecule has 0 aliphatic heterocycles. The summed E-state index contributed by atoms with van der Waals surface area (Å²) >= 11 is 0. The molecule has 0 aliphatic carbocycles. The summed E-state index contributed by atoms with van der Waals surface area (Å²) in [6.45, 7) is 4.42. The number of carboxylic acid groups (broad SMARTS) is 1. The minimum atomic E-state index is -0.878. The van der Waals surface area contributed by atoms with Gasteiger partial charge in [0, 0.05) is 13.1 Å². The predicted octanol–water partition coefficient (Wildman–Crippen LogP) is 1.36. The van der Waals surface area contributed by atoms with Crippen molar-refractivity contribution in [2.75, 3.05) is 13.1 Å². The topological polar surface area (TPSA) is 78.4 Å². The quantitative estimate of drug-likeness (QED) is 0.455. The van der Waals surface area contributed by atoms with E-state index in [1.165, 1.54) is 0 Å². The molecule has 0 radical (unpaired) electrons. The van der Waals surface area contributed by atoms with E-state index in [-0.39, 0.29) is 12.6 Å². The lowest BCUT2D eigenvalue weighted by atomic mass is 10.1. The third kappa shape index (κ3) is 6.86. The fourth-order valence-corrected chi connectivity index (χ4v) is 1.12. The number of aliphatic carboxylic acids is 1. The number of carbonyl (C=O) groups excluding carboxylic acids is 1. The number of carbonyl (C=O) groups is 2. The van der Waals surface area contributed by atoms with Gasteiger partial charge in [-0.25, -0.2) is 4.79 Å². The lowest BCUT2D eigenvalue weighted by Crippen LogP contribution is -2.40. The Kier molecular flexibility index (Phi) is 7.93. The minimum absolute atomic E-state index is 0.168. The van der Waals surface area contributed by atoms with Gasteiger partial charge in [-0.1, -0.05) is 19.1 Å². The number of carboxylic acids is 1. The molecule has 0 aliphatic rings. The Morgan fingerprint density at radius 3 is 2.56 bits per heavy atom. The Hall–Kier alpha value is -1.52. The summed E-state index contributed by atoms with van der Waals surface area (Å²) in [5, 5.41) is 13.9. The van der Waals surface area contributed by atoms with Gasteiger partial charge in [0.2, 0.25) is 0 Å². The third-order valence-corrected chi connectivity index (χ3v) is 2.18. The maximum absolute atomic E-state index is 11.2. The summed E-state index contributed by atoms with van der Waals surface area (Å²) in [5.74, 6) is -1.39. The molecule has 1 unspecified atom stereocenters. The molecular formula is C11H20N2O3. The van der Waals surface area contributed by atoms with Crippen LogP contribution in [0.1, 0.15) is 26.7 Å². The summed E-state index contributed by atoms with van der Waals surface area (Å²) in [4.78, 5) is 21.9. The van der Waals surface area contributed by atoms with Crippen LogP contribution in [-0.2, 0) is 4.79 Å². The number of nitrogens with one attached hydrogen (secondary N) is 2. The van der Waals surface area contributed by atoms with Crippen molar-refractivity contribution in [3.8, 4) is 0 Å². The van der Waals surface area contributed by atoms with Crippen LogP contribution in [0.3, 0.4) is 0 Å². The normalized spacial score (nSPS) is 12.4. The van der Waals surface area contributed by atoms with Crippen LogP contribution >= 0.6 is 0 Å². The van der Waals surface area contributed by atoms with E-state index in [4.69, 9.17) is 5.11 Å². The zero-order valence-corrected chi connectivity index (χ0v) is 9.82. The van der Waals surface area contributed by atoms with Gasteiger partial charge in [0.25, 0.3) is 0 Å². The van der Waals surface area contributed by atoms with Crippen molar-refractivity contribution in [3.63, 3.8) is 0 Å².